The lowest BCUT2D eigenvalue weighted by Gasteiger charge is -2.15. The first-order chi connectivity index (χ1) is 10.2. The van der Waals surface area contributed by atoms with Gasteiger partial charge in [0.2, 0.25) is 0 Å². The molecule has 0 bridgehead atoms. The van der Waals surface area contributed by atoms with Gasteiger partial charge in [0.05, 0.1) is 13.2 Å². The van der Waals surface area contributed by atoms with Crippen molar-refractivity contribution in [1.82, 2.24) is 5.43 Å². The number of rotatable bonds is 7. The molecule has 0 atom stereocenters. The van der Waals surface area contributed by atoms with Crippen LogP contribution in [0.4, 0.5) is 5.69 Å². The smallest absolute Gasteiger partial charge is 0.161 e. The first-order valence-electron chi connectivity index (χ1n) is 7.06. The number of hydrogen-bond donors (Lipinski definition) is 2. The molecule has 112 valence electrons. The maximum Gasteiger partial charge on any atom is 0.161 e. The van der Waals surface area contributed by atoms with Crippen LogP contribution in [0.5, 0.6) is 11.5 Å². The molecule has 4 heteroatoms. The number of anilines is 1. The summed E-state index contributed by atoms with van der Waals surface area (Å²) in [4.78, 5) is 0. The van der Waals surface area contributed by atoms with E-state index in [1.807, 2.05) is 62.4 Å². The summed E-state index contributed by atoms with van der Waals surface area (Å²) in [5.74, 6) is 1.52. The van der Waals surface area contributed by atoms with Gasteiger partial charge in [0.1, 0.15) is 0 Å². The van der Waals surface area contributed by atoms with Crippen LogP contribution >= 0.6 is 0 Å². The van der Waals surface area contributed by atoms with Crippen LogP contribution < -0.4 is 20.3 Å². The fourth-order valence-corrected chi connectivity index (χ4v) is 1.95. The van der Waals surface area contributed by atoms with Crippen molar-refractivity contribution in [3.05, 3.63) is 54.1 Å². The number of benzene rings is 2. The summed E-state index contributed by atoms with van der Waals surface area (Å²) >= 11 is 0. The van der Waals surface area contributed by atoms with E-state index in [9.17, 15) is 0 Å². The second-order valence-electron chi connectivity index (χ2n) is 5.00. The van der Waals surface area contributed by atoms with Gasteiger partial charge in [-0.2, -0.15) is 0 Å². The van der Waals surface area contributed by atoms with Crippen LogP contribution in [0.1, 0.15) is 19.4 Å². The van der Waals surface area contributed by atoms with E-state index in [2.05, 4.69) is 10.9 Å². The molecular weight excluding hydrogens is 264 g/mol. The second kappa shape index (κ2) is 7.55. The van der Waals surface area contributed by atoms with Crippen molar-refractivity contribution in [2.45, 2.75) is 26.5 Å². The predicted octanol–water partition coefficient (Wildman–Crippen LogP) is 3.60. The van der Waals surface area contributed by atoms with Crippen LogP contribution in [-0.4, -0.2) is 13.2 Å². The minimum absolute atomic E-state index is 0.115. The lowest BCUT2D eigenvalue weighted by molar-refractivity contribution is 0.230. The lowest BCUT2D eigenvalue weighted by Crippen LogP contribution is -2.20. The van der Waals surface area contributed by atoms with Gasteiger partial charge in [0.25, 0.3) is 0 Å². The van der Waals surface area contributed by atoms with Gasteiger partial charge < -0.3 is 14.9 Å². The monoisotopic (exact) mass is 286 g/mol. The van der Waals surface area contributed by atoms with Crippen molar-refractivity contribution in [3.63, 3.8) is 0 Å². The zero-order chi connectivity index (χ0) is 15.1. The molecule has 2 rings (SSSR count). The van der Waals surface area contributed by atoms with Gasteiger partial charge in [0, 0.05) is 12.2 Å². The van der Waals surface area contributed by atoms with Crippen molar-refractivity contribution in [2.75, 3.05) is 12.5 Å². The van der Waals surface area contributed by atoms with Gasteiger partial charge in [-0.05, 0) is 43.7 Å². The molecule has 0 aromatic heterocycles. The summed E-state index contributed by atoms with van der Waals surface area (Å²) in [6.45, 7) is 4.69. The fraction of sp³-hybridized carbons (Fsp3) is 0.294. The minimum Gasteiger partial charge on any atom is -0.493 e. The van der Waals surface area contributed by atoms with Crippen molar-refractivity contribution < 1.29 is 9.47 Å². The number of para-hydroxylation sites is 1. The zero-order valence-electron chi connectivity index (χ0n) is 12.7. The van der Waals surface area contributed by atoms with E-state index in [1.165, 1.54) is 0 Å². The molecule has 21 heavy (non-hydrogen) atoms. The molecule has 4 nitrogen and oxygen atoms in total. The van der Waals surface area contributed by atoms with Gasteiger partial charge in [0.15, 0.2) is 11.5 Å². The summed E-state index contributed by atoms with van der Waals surface area (Å²) in [5.41, 5.74) is 8.50. The molecule has 0 aliphatic heterocycles. The SMILES string of the molecule is COc1ccc(CNNc2ccccc2)cc1OC(C)C. The lowest BCUT2D eigenvalue weighted by atomic mass is 10.2. The standard InChI is InChI=1S/C17H22N2O2/c1-13(2)21-17-11-14(9-10-16(17)20-3)12-18-19-15-7-5-4-6-8-15/h4-11,13,18-19H,12H2,1-3H3. The Kier molecular flexibility index (Phi) is 5.46. The molecule has 0 saturated carbocycles. The fourth-order valence-electron chi connectivity index (χ4n) is 1.95. The second-order valence-corrected chi connectivity index (χ2v) is 5.00. The van der Waals surface area contributed by atoms with Gasteiger partial charge in [-0.25, -0.2) is 5.43 Å². The molecular formula is C17H22N2O2. The molecule has 0 spiro atoms. The van der Waals surface area contributed by atoms with Crippen molar-refractivity contribution >= 4 is 5.69 Å². The molecule has 2 aromatic rings. The van der Waals surface area contributed by atoms with Crippen LogP contribution in [0.15, 0.2) is 48.5 Å². The van der Waals surface area contributed by atoms with E-state index in [1.54, 1.807) is 7.11 Å². The Balaban J connectivity index is 1.96. The van der Waals surface area contributed by atoms with E-state index < -0.39 is 0 Å². The zero-order valence-corrected chi connectivity index (χ0v) is 12.7. The number of hydrogen-bond acceptors (Lipinski definition) is 4. The number of nitrogens with one attached hydrogen (secondary N) is 2. The molecule has 2 aromatic carbocycles. The van der Waals surface area contributed by atoms with Gasteiger partial charge in [-0.3, -0.25) is 0 Å². The number of hydrazine groups is 1. The average Bonchev–Trinajstić information content (AvgIpc) is 2.48. The van der Waals surface area contributed by atoms with Gasteiger partial charge >= 0.3 is 0 Å². The average molecular weight is 286 g/mol. The Morgan fingerprint density at radius 1 is 1.00 bits per heavy atom. The van der Waals surface area contributed by atoms with Gasteiger partial charge in [-0.1, -0.05) is 24.3 Å². The largest absolute Gasteiger partial charge is 0.493 e. The molecule has 0 saturated heterocycles. The van der Waals surface area contributed by atoms with E-state index in [0.29, 0.717) is 6.54 Å². The highest BCUT2D eigenvalue weighted by molar-refractivity contribution is 5.44. The van der Waals surface area contributed by atoms with Crippen molar-refractivity contribution in [2.24, 2.45) is 0 Å². The highest BCUT2D eigenvalue weighted by Crippen LogP contribution is 2.28. The Labute approximate surface area is 126 Å². The van der Waals surface area contributed by atoms with Crippen LogP contribution in [0.3, 0.4) is 0 Å². The quantitative estimate of drug-likeness (QED) is 0.763. The summed E-state index contributed by atoms with van der Waals surface area (Å²) < 4.78 is 11.1. The van der Waals surface area contributed by atoms with Crippen LogP contribution in [0.25, 0.3) is 0 Å². The van der Waals surface area contributed by atoms with Gasteiger partial charge in [-0.15, -0.1) is 0 Å². The molecule has 0 fully saturated rings. The molecule has 0 aliphatic rings. The molecule has 0 aliphatic carbocycles. The first-order valence-corrected chi connectivity index (χ1v) is 7.06. The first kappa shape index (κ1) is 15.2. The normalized spacial score (nSPS) is 10.5. The van der Waals surface area contributed by atoms with Crippen LogP contribution in [-0.2, 0) is 6.54 Å². The van der Waals surface area contributed by atoms with Crippen LogP contribution in [0.2, 0.25) is 0 Å². The van der Waals surface area contributed by atoms with Crippen LogP contribution in [0, 0.1) is 0 Å². The number of methoxy groups -OCH3 is 1. The summed E-state index contributed by atoms with van der Waals surface area (Å²) in [7, 11) is 1.65. The topological polar surface area (TPSA) is 42.5 Å². The summed E-state index contributed by atoms with van der Waals surface area (Å²) in [6.07, 6.45) is 0.115. The Morgan fingerprint density at radius 2 is 1.76 bits per heavy atom. The third-order valence-corrected chi connectivity index (χ3v) is 2.89. The minimum atomic E-state index is 0.115. The van der Waals surface area contributed by atoms with Crippen molar-refractivity contribution in [3.8, 4) is 11.5 Å². The number of ether oxygens (including phenoxy) is 2. The molecule has 2 N–H and O–H groups in total. The van der Waals surface area contributed by atoms with Crippen molar-refractivity contribution in [1.29, 1.82) is 0 Å². The maximum atomic E-state index is 5.77. The van der Waals surface area contributed by atoms with E-state index >= 15 is 0 Å². The summed E-state index contributed by atoms with van der Waals surface area (Å²) in [5, 5.41) is 0. The molecule has 0 radical (unpaired) electrons. The molecule has 0 unspecified atom stereocenters. The highest BCUT2D eigenvalue weighted by atomic mass is 16.5. The summed E-state index contributed by atoms with van der Waals surface area (Å²) in [6, 6.07) is 15.9. The van der Waals surface area contributed by atoms with E-state index in [-0.39, 0.29) is 6.10 Å². The molecule has 0 amide bonds. The predicted molar refractivity (Wildman–Crippen MR) is 85.7 cm³/mol. The highest BCUT2D eigenvalue weighted by Gasteiger charge is 2.07. The third-order valence-electron chi connectivity index (χ3n) is 2.89. The third kappa shape index (κ3) is 4.68. The van der Waals surface area contributed by atoms with E-state index in [0.717, 1.165) is 22.7 Å². The Morgan fingerprint density at radius 3 is 2.43 bits per heavy atom. The Hall–Kier alpha value is -2.20. The Bertz CT molecular complexity index is 556. The van der Waals surface area contributed by atoms with E-state index in [4.69, 9.17) is 9.47 Å². The maximum absolute atomic E-state index is 5.77. The molecule has 0 heterocycles.